The molecule has 0 amide bonds. The number of hydrogen-bond acceptors (Lipinski definition) is 2. The molecule has 2 aromatic carbocycles. The number of halogens is 2. The molecule has 0 spiro atoms. The standard InChI is InChI=1S/C15H14Cl2N2S/c16-12-4-1-10(2-5-12)7-8-19-14-6-3-11(15(18)20)9-13(14)17/h1-6,9,19H,7-8H2,(H2,18,20). The van der Waals surface area contributed by atoms with Gasteiger partial charge >= 0.3 is 0 Å². The van der Waals surface area contributed by atoms with Crippen molar-refractivity contribution in [1.82, 2.24) is 0 Å². The van der Waals surface area contributed by atoms with E-state index in [1.807, 2.05) is 36.4 Å². The van der Waals surface area contributed by atoms with E-state index in [1.54, 1.807) is 6.07 Å². The molecule has 0 aromatic heterocycles. The van der Waals surface area contributed by atoms with E-state index < -0.39 is 0 Å². The van der Waals surface area contributed by atoms with Crippen LogP contribution in [-0.4, -0.2) is 11.5 Å². The highest BCUT2D eigenvalue weighted by Crippen LogP contribution is 2.23. The molecule has 0 atom stereocenters. The molecule has 2 aromatic rings. The van der Waals surface area contributed by atoms with Gasteiger partial charge in [0.15, 0.2) is 0 Å². The molecule has 0 fully saturated rings. The van der Waals surface area contributed by atoms with Crippen molar-refractivity contribution in [3.05, 3.63) is 63.6 Å². The fraction of sp³-hybridized carbons (Fsp3) is 0.133. The molecule has 0 aliphatic heterocycles. The van der Waals surface area contributed by atoms with Crippen LogP contribution in [0.2, 0.25) is 10.0 Å². The highest BCUT2D eigenvalue weighted by molar-refractivity contribution is 7.80. The Hall–Kier alpha value is -1.29. The minimum Gasteiger partial charge on any atom is -0.389 e. The summed E-state index contributed by atoms with van der Waals surface area (Å²) in [4.78, 5) is 0.347. The predicted molar refractivity (Wildman–Crippen MR) is 91.0 cm³/mol. The quantitative estimate of drug-likeness (QED) is 0.806. The van der Waals surface area contributed by atoms with Gasteiger partial charge in [-0.15, -0.1) is 0 Å². The molecule has 2 nitrogen and oxygen atoms in total. The third-order valence-corrected chi connectivity index (χ3v) is 3.70. The van der Waals surface area contributed by atoms with Gasteiger partial charge < -0.3 is 11.1 Å². The average molecular weight is 325 g/mol. The van der Waals surface area contributed by atoms with Crippen LogP contribution in [0.25, 0.3) is 0 Å². The molecule has 0 saturated heterocycles. The summed E-state index contributed by atoms with van der Waals surface area (Å²) in [5, 5.41) is 4.66. The number of anilines is 1. The number of nitrogens with one attached hydrogen (secondary N) is 1. The zero-order chi connectivity index (χ0) is 14.5. The monoisotopic (exact) mass is 324 g/mol. The maximum atomic E-state index is 6.18. The minimum absolute atomic E-state index is 0.347. The van der Waals surface area contributed by atoms with Gasteiger partial charge in [0.05, 0.1) is 10.7 Å². The smallest absolute Gasteiger partial charge is 0.104 e. The highest BCUT2D eigenvalue weighted by Gasteiger charge is 2.03. The molecule has 0 bridgehead atoms. The largest absolute Gasteiger partial charge is 0.389 e. The maximum Gasteiger partial charge on any atom is 0.104 e. The number of benzene rings is 2. The first-order valence-corrected chi connectivity index (χ1v) is 7.30. The van der Waals surface area contributed by atoms with Crippen molar-refractivity contribution >= 4 is 46.1 Å². The van der Waals surface area contributed by atoms with E-state index in [4.69, 9.17) is 41.2 Å². The molecule has 2 rings (SSSR count). The van der Waals surface area contributed by atoms with Crippen LogP contribution in [0.3, 0.4) is 0 Å². The third kappa shape index (κ3) is 4.10. The Labute approximate surface area is 133 Å². The molecule has 5 heteroatoms. The Kier molecular flexibility index (Phi) is 5.24. The fourth-order valence-corrected chi connectivity index (χ4v) is 2.30. The van der Waals surface area contributed by atoms with Gasteiger partial charge in [-0.05, 0) is 42.3 Å². The van der Waals surface area contributed by atoms with E-state index in [-0.39, 0.29) is 0 Å². The zero-order valence-electron chi connectivity index (χ0n) is 10.7. The van der Waals surface area contributed by atoms with Crippen LogP contribution in [0.4, 0.5) is 5.69 Å². The van der Waals surface area contributed by atoms with Gasteiger partial charge in [-0.2, -0.15) is 0 Å². The molecule has 0 unspecified atom stereocenters. The van der Waals surface area contributed by atoms with Crippen molar-refractivity contribution in [1.29, 1.82) is 0 Å². The van der Waals surface area contributed by atoms with Crippen LogP contribution in [-0.2, 0) is 6.42 Å². The van der Waals surface area contributed by atoms with Gasteiger partial charge in [-0.25, -0.2) is 0 Å². The first kappa shape index (κ1) is 15.1. The molecule has 3 N–H and O–H groups in total. The Morgan fingerprint density at radius 1 is 1.10 bits per heavy atom. The van der Waals surface area contributed by atoms with Crippen molar-refractivity contribution in [2.45, 2.75) is 6.42 Å². The van der Waals surface area contributed by atoms with E-state index in [2.05, 4.69) is 5.32 Å². The van der Waals surface area contributed by atoms with Crippen molar-refractivity contribution in [2.24, 2.45) is 5.73 Å². The lowest BCUT2D eigenvalue weighted by Crippen LogP contribution is -2.10. The molecule has 0 aliphatic carbocycles. The summed E-state index contributed by atoms with van der Waals surface area (Å²) in [6.07, 6.45) is 0.893. The van der Waals surface area contributed by atoms with Gasteiger partial charge in [-0.3, -0.25) is 0 Å². The molecule has 104 valence electrons. The van der Waals surface area contributed by atoms with Crippen molar-refractivity contribution in [3.63, 3.8) is 0 Å². The summed E-state index contributed by atoms with van der Waals surface area (Å²) < 4.78 is 0. The summed E-state index contributed by atoms with van der Waals surface area (Å²) in [5.41, 5.74) is 8.43. The molecule has 0 saturated carbocycles. The molecule has 0 aliphatic rings. The minimum atomic E-state index is 0.347. The van der Waals surface area contributed by atoms with E-state index >= 15 is 0 Å². The SMILES string of the molecule is NC(=S)c1ccc(NCCc2ccc(Cl)cc2)c(Cl)c1. The van der Waals surface area contributed by atoms with Crippen molar-refractivity contribution in [2.75, 3.05) is 11.9 Å². The first-order chi connectivity index (χ1) is 9.56. The molecule has 0 heterocycles. The number of rotatable bonds is 5. The second-order valence-electron chi connectivity index (χ2n) is 4.36. The van der Waals surface area contributed by atoms with Crippen molar-refractivity contribution < 1.29 is 0 Å². The summed E-state index contributed by atoms with van der Waals surface area (Å²) in [6, 6.07) is 13.3. The van der Waals surface area contributed by atoms with Crippen LogP contribution in [0.15, 0.2) is 42.5 Å². The lowest BCUT2D eigenvalue weighted by molar-refractivity contribution is 1.02. The van der Waals surface area contributed by atoms with Gasteiger partial charge in [0.2, 0.25) is 0 Å². The maximum absolute atomic E-state index is 6.18. The van der Waals surface area contributed by atoms with Gasteiger partial charge in [-0.1, -0.05) is 47.6 Å². The van der Waals surface area contributed by atoms with Crippen LogP contribution in [0.5, 0.6) is 0 Å². The number of hydrogen-bond donors (Lipinski definition) is 2. The Morgan fingerprint density at radius 3 is 2.40 bits per heavy atom. The van der Waals surface area contributed by atoms with E-state index in [9.17, 15) is 0 Å². The van der Waals surface area contributed by atoms with E-state index in [1.165, 1.54) is 5.56 Å². The van der Waals surface area contributed by atoms with Gasteiger partial charge in [0, 0.05) is 17.1 Å². The molecular formula is C15H14Cl2N2S. The lowest BCUT2D eigenvalue weighted by atomic mass is 10.1. The zero-order valence-corrected chi connectivity index (χ0v) is 13.0. The van der Waals surface area contributed by atoms with Crippen LogP contribution in [0.1, 0.15) is 11.1 Å². The summed E-state index contributed by atoms with van der Waals surface area (Å²) in [5.74, 6) is 0. The second kappa shape index (κ2) is 6.93. The summed E-state index contributed by atoms with van der Waals surface area (Å²) in [7, 11) is 0. The molecule has 20 heavy (non-hydrogen) atoms. The van der Waals surface area contributed by atoms with Crippen molar-refractivity contribution in [3.8, 4) is 0 Å². The number of nitrogens with two attached hydrogens (primary N) is 1. The lowest BCUT2D eigenvalue weighted by Gasteiger charge is -2.10. The third-order valence-electron chi connectivity index (χ3n) is 2.90. The predicted octanol–water partition coefficient (Wildman–Crippen LogP) is 4.28. The van der Waals surface area contributed by atoms with Crippen LogP contribution >= 0.6 is 35.4 Å². The highest BCUT2D eigenvalue weighted by atomic mass is 35.5. The Bertz CT molecular complexity index is 612. The number of thiocarbonyl (C=S) groups is 1. The fourth-order valence-electron chi connectivity index (χ4n) is 1.80. The Morgan fingerprint density at radius 2 is 1.80 bits per heavy atom. The molecule has 0 radical (unpaired) electrons. The summed E-state index contributed by atoms with van der Waals surface area (Å²) in [6.45, 7) is 0.785. The normalized spacial score (nSPS) is 10.3. The average Bonchev–Trinajstić information content (AvgIpc) is 2.42. The van der Waals surface area contributed by atoms with E-state index in [0.29, 0.717) is 10.0 Å². The van der Waals surface area contributed by atoms with Crippen LogP contribution < -0.4 is 11.1 Å². The molecular weight excluding hydrogens is 311 g/mol. The van der Waals surface area contributed by atoms with E-state index in [0.717, 1.165) is 29.2 Å². The first-order valence-electron chi connectivity index (χ1n) is 6.14. The summed E-state index contributed by atoms with van der Waals surface area (Å²) >= 11 is 16.9. The second-order valence-corrected chi connectivity index (χ2v) is 5.65. The Balaban J connectivity index is 1.94. The van der Waals surface area contributed by atoms with Gasteiger partial charge in [0.1, 0.15) is 4.99 Å². The van der Waals surface area contributed by atoms with Crippen LogP contribution in [0, 0.1) is 0 Å². The topological polar surface area (TPSA) is 38.0 Å². The van der Waals surface area contributed by atoms with Gasteiger partial charge in [0.25, 0.3) is 0 Å².